The van der Waals surface area contributed by atoms with Crippen LogP contribution in [-0.4, -0.2) is 46.9 Å². The van der Waals surface area contributed by atoms with E-state index in [0.717, 1.165) is 42.7 Å². The minimum Gasteiger partial charge on any atom is -0.468 e. The molecule has 0 amide bonds. The van der Waals surface area contributed by atoms with Crippen molar-refractivity contribution >= 4 is 11.6 Å². The van der Waals surface area contributed by atoms with E-state index in [4.69, 9.17) is 4.42 Å². The molecule has 1 fully saturated rings. The van der Waals surface area contributed by atoms with E-state index in [2.05, 4.69) is 55.2 Å². The summed E-state index contributed by atoms with van der Waals surface area (Å²) >= 11 is 0. The molecule has 7 heteroatoms. The molecule has 1 aliphatic heterocycles. The lowest BCUT2D eigenvalue weighted by molar-refractivity contribution is 0.215. The number of nitrogens with one attached hydrogen (secondary N) is 2. The predicted molar refractivity (Wildman–Crippen MR) is 110 cm³/mol. The highest BCUT2D eigenvalue weighted by Gasteiger charge is 2.25. The molecule has 0 aliphatic carbocycles. The molecule has 7 nitrogen and oxygen atoms in total. The Morgan fingerprint density at radius 2 is 2.07 bits per heavy atom. The van der Waals surface area contributed by atoms with Crippen molar-refractivity contribution in [3.05, 3.63) is 59.9 Å². The Hall–Kier alpha value is -2.80. The van der Waals surface area contributed by atoms with Crippen molar-refractivity contribution in [3.63, 3.8) is 0 Å². The second-order valence-corrected chi connectivity index (χ2v) is 7.21. The predicted octanol–water partition coefficient (Wildman–Crippen LogP) is 2.74. The summed E-state index contributed by atoms with van der Waals surface area (Å²) in [4.78, 5) is 11.5. The van der Waals surface area contributed by atoms with Crippen molar-refractivity contribution in [2.75, 3.05) is 26.7 Å². The fourth-order valence-corrected chi connectivity index (χ4v) is 3.82. The van der Waals surface area contributed by atoms with Crippen LogP contribution in [0.4, 0.5) is 0 Å². The highest BCUT2D eigenvalue weighted by atomic mass is 16.3. The number of imidazole rings is 1. The van der Waals surface area contributed by atoms with Crippen molar-refractivity contribution in [2.24, 2.45) is 4.99 Å². The first kappa shape index (κ1) is 18.6. The van der Waals surface area contributed by atoms with E-state index in [-0.39, 0.29) is 6.04 Å². The molecular formula is C21H28N6O. The minimum absolute atomic E-state index is 0.217. The van der Waals surface area contributed by atoms with E-state index in [1.165, 1.54) is 18.5 Å². The lowest BCUT2D eigenvalue weighted by atomic mass is 10.2. The third-order valence-corrected chi connectivity index (χ3v) is 5.32. The molecule has 4 rings (SSSR count). The van der Waals surface area contributed by atoms with Crippen molar-refractivity contribution < 1.29 is 4.42 Å². The first-order valence-corrected chi connectivity index (χ1v) is 9.90. The SMILES string of the molecule is CN=C(NCc1cn2c(C)cccc2n1)NCC(c1ccco1)N1CCCC1. The highest BCUT2D eigenvalue weighted by Crippen LogP contribution is 2.24. The topological polar surface area (TPSA) is 70.1 Å². The minimum atomic E-state index is 0.217. The Labute approximate surface area is 165 Å². The zero-order chi connectivity index (χ0) is 19.3. The molecule has 148 valence electrons. The number of hydrogen-bond donors (Lipinski definition) is 2. The average molecular weight is 380 g/mol. The normalized spacial score (nSPS) is 16.6. The van der Waals surface area contributed by atoms with Crippen LogP contribution < -0.4 is 10.6 Å². The highest BCUT2D eigenvalue weighted by molar-refractivity contribution is 5.79. The third-order valence-electron chi connectivity index (χ3n) is 5.32. The van der Waals surface area contributed by atoms with Gasteiger partial charge in [-0.25, -0.2) is 4.98 Å². The van der Waals surface area contributed by atoms with Gasteiger partial charge in [-0.15, -0.1) is 0 Å². The number of nitrogens with zero attached hydrogens (tertiary/aromatic N) is 4. The fraction of sp³-hybridized carbons (Fsp3) is 0.429. The van der Waals surface area contributed by atoms with E-state index in [9.17, 15) is 0 Å². The van der Waals surface area contributed by atoms with Gasteiger partial charge in [-0.1, -0.05) is 6.07 Å². The Morgan fingerprint density at radius 1 is 1.21 bits per heavy atom. The Morgan fingerprint density at radius 3 is 2.79 bits per heavy atom. The van der Waals surface area contributed by atoms with Crippen LogP contribution >= 0.6 is 0 Å². The Bertz CT molecular complexity index is 924. The number of aliphatic imine (C=N–C) groups is 1. The number of hydrogen-bond acceptors (Lipinski definition) is 4. The molecule has 0 aromatic carbocycles. The molecule has 2 N–H and O–H groups in total. The first-order chi connectivity index (χ1) is 13.7. The molecular weight excluding hydrogens is 352 g/mol. The zero-order valence-electron chi connectivity index (χ0n) is 16.6. The first-order valence-electron chi connectivity index (χ1n) is 9.90. The van der Waals surface area contributed by atoms with Crippen LogP contribution in [0.2, 0.25) is 0 Å². The third kappa shape index (κ3) is 4.04. The fourth-order valence-electron chi connectivity index (χ4n) is 3.82. The van der Waals surface area contributed by atoms with Crippen molar-refractivity contribution in [1.82, 2.24) is 24.9 Å². The van der Waals surface area contributed by atoms with E-state index < -0.39 is 0 Å². The van der Waals surface area contributed by atoms with E-state index in [1.54, 1.807) is 13.3 Å². The molecule has 0 bridgehead atoms. The molecule has 3 aromatic rings. The summed E-state index contributed by atoms with van der Waals surface area (Å²) < 4.78 is 7.80. The molecule has 4 heterocycles. The quantitative estimate of drug-likeness (QED) is 0.508. The smallest absolute Gasteiger partial charge is 0.191 e. The monoisotopic (exact) mass is 380 g/mol. The summed E-state index contributed by atoms with van der Waals surface area (Å²) in [5.74, 6) is 1.77. The number of likely N-dealkylation sites (tertiary alicyclic amines) is 1. The summed E-state index contributed by atoms with van der Waals surface area (Å²) in [5, 5.41) is 6.82. The summed E-state index contributed by atoms with van der Waals surface area (Å²) in [6.45, 7) is 5.67. The standard InChI is InChI=1S/C21H28N6O/c1-16-7-5-9-20-25-17(15-27(16)20)13-23-21(22-2)24-14-18(19-8-6-12-28-19)26-10-3-4-11-26/h5-9,12,15,18H,3-4,10-11,13-14H2,1-2H3,(H2,22,23,24). The second-order valence-electron chi connectivity index (χ2n) is 7.21. The van der Waals surface area contributed by atoms with Crippen LogP contribution in [0.25, 0.3) is 5.65 Å². The lowest BCUT2D eigenvalue weighted by Gasteiger charge is -2.26. The molecule has 0 radical (unpaired) electrons. The van der Waals surface area contributed by atoms with Gasteiger partial charge in [0.1, 0.15) is 11.4 Å². The van der Waals surface area contributed by atoms with Gasteiger partial charge in [0, 0.05) is 25.5 Å². The van der Waals surface area contributed by atoms with Crippen LogP contribution in [0.5, 0.6) is 0 Å². The van der Waals surface area contributed by atoms with Gasteiger partial charge in [-0.2, -0.15) is 0 Å². The van der Waals surface area contributed by atoms with Gasteiger partial charge in [-0.05, 0) is 57.1 Å². The summed E-state index contributed by atoms with van der Waals surface area (Å²) in [6.07, 6.45) is 6.31. The van der Waals surface area contributed by atoms with Gasteiger partial charge in [0.25, 0.3) is 0 Å². The van der Waals surface area contributed by atoms with Crippen molar-refractivity contribution in [1.29, 1.82) is 0 Å². The number of aryl methyl sites for hydroxylation is 1. The van der Waals surface area contributed by atoms with Gasteiger partial charge in [0.15, 0.2) is 5.96 Å². The number of aromatic nitrogens is 2. The largest absolute Gasteiger partial charge is 0.468 e. The number of pyridine rings is 1. The molecule has 0 saturated carbocycles. The molecule has 28 heavy (non-hydrogen) atoms. The molecule has 1 unspecified atom stereocenters. The van der Waals surface area contributed by atoms with Crippen molar-refractivity contribution in [3.8, 4) is 0 Å². The number of rotatable bonds is 6. The number of guanidine groups is 1. The number of fused-ring (bicyclic) bond motifs is 1. The second kappa shape index (κ2) is 8.48. The van der Waals surface area contributed by atoms with E-state index in [1.807, 2.05) is 18.2 Å². The maximum atomic E-state index is 5.69. The molecule has 3 aromatic heterocycles. The van der Waals surface area contributed by atoms with E-state index >= 15 is 0 Å². The Balaban J connectivity index is 1.37. The number of furan rings is 1. The molecule has 0 spiro atoms. The van der Waals surface area contributed by atoms with Crippen LogP contribution in [0.15, 0.2) is 52.2 Å². The molecule has 1 atom stereocenters. The van der Waals surface area contributed by atoms with Crippen LogP contribution in [-0.2, 0) is 6.54 Å². The molecule has 1 aliphatic rings. The van der Waals surface area contributed by atoms with Gasteiger partial charge in [-0.3, -0.25) is 9.89 Å². The van der Waals surface area contributed by atoms with Crippen molar-refractivity contribution in [2.45, 2.75) is 32.4 Å². The van der Waals surface area contributed by atoms with Crippen LogP contribution in [0.3, 0.4) is 0 Å². The zero-order valence-corrected chi connectivity index (χ0v) is 16.6. The van der Waals surface area contributed by atoms with Gasteiger partial charge in [0.2, 0.25) is 0 Å². The van der Waals surface area contributed by atoms with Gasteiger partial charge < -0.3 is 19.5 Å². The lowest BCUT2D eigenvalue weighted by Crippen LogP contribution is -2.42. The average Bonchev–Trinajstić information content (AvgIpc) is 3.46. The maximum Gasteiger partial charge on any atom is 0.191 e. The van der Waals surface area contributed by atoms with Crippen LogP contribution in [0, 0.1) is 6.92 Å². The van der Waals surface area contributed by atoms with Gasteiger partial charge >= 0.3 is 0 Å². The molecule has 1 saturated heterocycles. The van der Waals surface area contributed by atoms with E-state index in [0.29, 0.717) is 6.54 Å². The van der Waals surface area contributed by atoms with Crippen LogP contribution in [0.1, 0.15) is 36.0 Å². The summed E-state index contributed by atoms with van der Waals surface area (Å²) in [5.41, 5.74) is 3.12. The summed E-state index contributed by atoms with van der Waals surface area (Å²) in [7, 11) is 1.79. The van der Waals surface area contributed by atoms with Gasteiger partial charge in [0.05, 0.1) is 24.5 Å². The summed E-state index contributed by atoms with van der Waals surface area (Å²) in [6, 6.07) is 10.4. The maximum absolute atomic E-state index is 5.69. The Kier molecular flexibility index (Phi) is 5.62.